The molecule has 7 nitrogen and oxygen atoms in total. The molecule has 0 spiro atoms. The van der Waals surface area contributed by atoms with Crippen molar-refractivity contribution >= 4 is 21.8 Å². The molecule has 0 heterocycles. The molecular weight excluding hydrogens is 390 g/mol. The summed E-state index contributed by atoms with van der Waals surface area (Å²) in [6.07, 6.45) is 2.08. The Morgan fingerprint density at radius 3 is 2.31 bits per heavy atom. The molecule has 1 saturated carbocycles. The Labute approximate surface area is 173 Å². The molecule has 0 aromatic heterocycles. The molecule has 2 atom stereocenters. The van der Waals surface area contributed by atoms with Crippen molar-refractivity contribution in [2.24, 2.45) is 17.3 Å². The number of allylic oxidation sites excluding steroid dienone is 2. The van der Waals surface area contributed by atoms with E-state index in [-0.39, 0.29) is 33.6 Å². The molecule has 1 fully saturated rings. The Kier molecular flexibility index (Phi) is 6.90. The Morgan fingerprint density at radius 1 is 1.14 bits per heavy atom. The van der Waals surface area contributed by atoms with Gasteiger partial charge in [-0.25, -0.2) is 8.42 Å². The van der Waals surface area contributed by atoms with Crippen LogP contribution in [0.4, 0.5) is 0 Å². The van der Waals surface area contributed by atoms with Gasteiger partial charge in [0.25, 0.3) is 5.91 Å². The van der Waals surface area contributed by atoms with Crippen molar-refractivity contribution in [3.05, 3.63) is 41.5 Å². The molecule has 2 rings (SSSR count). The number of nitrogens with zero attached hydrogens (tertiary/aromatic N) is 1. The zero-order valence-electron chi connectivity index (χ0n) is 17.9. The van der Waals surface area contributed by atoms with Crippen LogP contribution in [0, 0.1) is 17.3 Å². The van der Waals surface area contributed by atoms with Crippen LogP contribution in [0.5, 0.6) is 0 Å². The Hall–Kier alpha value is -2.19. The zero-order chi connectivity index (χ0) is 22.0. The summed E-state index contributed by atoms with van der Waals surface area (Å²) in [4.78, 5) is 25.0. The third kappa shape index (κ3) is 4.87. The molecule has 1 aliphatic carbocycles. The summed E-state index contributed by atoms with van der Waals surface area (Å²) in [5, 5.41) is 0. The monoisotopic (exact) mass is 421 g/mol. The third-order valence-corrected chi connectivity index (χ3v) is 7.49. The summed E-state index contributed by atoms with van der Waals surface area (Å²) in [7, 11) is -3.67. The van der Waals surface area contributed by atoms with Crippen LogP contribution < -0.4 is 10.9 Å². The number of amides is 2. The molecule has 2 N–H and O–H groups in total. The van der Waals surface area contributed by atoms with Crippen LogP contribution in [0.25, 0.3) is 0 Å². The highest BCUT2D eigenvalue weighted by molar-refractivity contribution is 7.89. The van der Waals surface area contributed by atoms with Crippen molar-refractivity contribution in [2.75, 3.05) is 13.1 Å². The van der Waals surface area contributed by atoms with Gasteiger partial charge in [0, 0.05) is 18.7 Å². The van der Waals surface area contributed by atoms with Crippen molar-refractivity contribution < 1.29 is 18.0 Å². The summed E-state index contributed by atoms with van der Waals surface area (Å²) in [6.45, 7) is 12.2. The Morgan fingerprint density at radius 2 is 1.76 bits per heavy atom. The van der Waals surface area contributed by atoms with E-state index in [1.54, 1.807) is 13.8 Å². The van der Waals surface area contributed by atoms with Crippen LogP contribution in [-0.2, 0) is 14.8 Å². The molecule has 0 aliphatic heterocycles. The second-order valence-electron chi connectivity index (χ2n) is 8.13. The lowest BCUT2D eigenvalue weighted by Gasteiger charge is -2.18. The van der Waals surface area contributed by atoms with E-state index in [0.717, 1.165) is 5.57 Å². The fourth-order valence-electron chi connectivity index (χ4n) is 3.63. The topological polar surface area (TPSA) is 95.6 Å². The minimum Gasteiger partial charge on any atom is -0.273 e. The number of carbonyl (C=O) groups is 2. The van der Waals surface area contributed by atoms with Gasteiger partial charge in [-0.15, -0.1) is 0 Å². The van der Waals surface area contributed by atoms with Crippen LogP contribution in [0.15, 0.2) is 40.8 Å². The predicted molar refractivity (Wildman–Crippen MR) is 112 cm³/mol. The van der Waals surface area contributed by atoms with Crippen LogP contribution in [0.3, 0.4) is 0 Å². The summed E-state index contributed by atoms with van der Waals surface area (Å²) >= 11 is 0. The summed E-state index contributed by atoms with van der Waals surface area (Å²) in [5.41, 5.74) is 6.02. The number of hydrogen-bond donors (Lipinski definition) is 2. The predicted octanol–water partition coefficient (Wildman–Crippen LogP) is 2.72. The van der Waals surface area contributed by atoms with E-state index in [4.69, 9.17) is 0 Å². The van der Waals surface area contributed by atoms with Gasteiger partial charge in [-0.2, -0.15) is 4.31 Å². The lowest BCUT2D eigenvalue weighted by Crippen LogP contribution is -2.43. The maximum atomic E-state index is 12.6. The minimum atomic E-state index is -3.67. The maximum Gasteiger partial charge on any atom is 0.269 e. The molecule has 0 radical (unpaired) electrons. The van der Waals surface area contributed by atoms with E-state index < -0.39 is 15.9 Å². The lowest BCUT2D eigenvalue weighted by atomic mass is 10.1. The number of sulfonamides is 1. The lowest BCUT2D eigenvalue weighted by molar-refractivity contribution is -0.123. The van der Waals surface area contributed by atoms with Gasteiger partial charge in [-0.05, 0) is 43.4 Å². The van der Waals surface area contributed by atoms with Gasteiger partial charge in [0.15, 0.2) is 0 Å². The summed E-state index contributed by atoms with van der Waals surface area (Å²) < 4.78 is 26.6. The van der Waals surface area contributed by atoms with Crippen LogP contribution in [0.2, 0.25) is 0 Å². The molecule has 0 saturated heterocycles. The van der Waals surface area contributed by atoms with E-state index in [1.807, 2.05) is 27.7 Å². The molecule has 160 valence electrons. The second kappa shape index (κ2) is 8.67. The smallest absolute Gasteiger partial charge is 0.269 e. The number of carbonyl (C=O) groups excluding carboxylic acids is 2. The number of hydrazine groups is 1. The maximum absolute atomic E-state index is 12.6. The first-order valence-electron chi connectivity index (χ1n) is 9.82. The summed E-state index contributed by atoms with van der Waals surface area (Å²) in [5.74, 6) is -0.899. The van der Waals surface area contributed by atoms with Gasteiger partial charge < -0.3 is 0 Å². The van der Waals surface area contributed by atoms with Gasteiger partial charge in [0.05, 0.1) is 10.8 Å². The molecule has 1 aromatic rings. The van der Waals surface area contributed by atoms with Crippen LogP contribution in [-0.4, -0.2) is 37.6 Å². The fourth-order valence-corrected chi connectivity index (χ4v) is 5.13. The second-order valence-corrected chi connectivity index (χ2v) is 10.1. The summed E-state index contributed by atoms with van der Waals surface area (Å²) in [6, 6.07) is 5.81. The third-order valence-electron chi connectivity index (χ3n) is 5.44. The van der Waals surface area contributed by atoms with Crippen molar-refractivity contribution in [1.29, 1.82) is 0 Å². The number of hydrogen-bond acceptors (Lipinski definition) is 4. The van der Waals surface area contributed by atoms with Gasteiger partial charge >= 0.3 is 0 Å². The quantitative estimate of drug-likeness (QED) is 0.523. The zero-order valence-corrected chi connectivity index (χ0v) is 18.8. The molecule has 1 aromatic carbocycles. The Balaban J connectivity index is 2.07. The van der Waals surface area contributed by atoms with Gasteiger partial charge in [0.1, 0.15) is 0 Å². The first-order valence-corrected chi connectivity index (χ1v) is 11.3. The molecule has 8 heteroatoms. The normalized spacial score (nSPS) is 20.1. The van der Waals surface area contributed by atoms with Crippen molar-refractivity contribution in [3.8, 4) is 0 Å². The van der Waals surface area contributed by atoms with E-state index in [1.165, 1.54) is 28.6 Å². The van der Waals surface area contributed by atoms with E-state index in [9.17, 15) is 18.0 Å². The van der Waals surface area contributed by atoms with Gasteiger partial charge in [-0.1, -0.05) is 45.4 Å². The average molecular weight is 422 g/mol. The van der Waals surface area contributed by atoms with E-state index >= 15 is 0 Å². The number of benzene rings is 1. The number of rotatable bonds is 7. The average Bonchev–Trinajstić information content (AvgIpc) is 3.19. The highest BCUT2D eigenvalue weighted by Crippen LogP contribution is 2.59. The highest BCUT2D eigenvalue weighted by Gasteiger charge is 2.60. The van der Waals surface area contributed by atoms with E-state index in [2.05, 4.69) is 16.9 Å². The van der Waals surface area contributed by atoms with E-state index in [0.29, 0.717) is 13.1 Å². The minimum absolute atomic E-state index is 0.0483. The fraction of sp³-hybridized carbons (Fsp3) is 0.524. The first kappa shape index (κ1) is 23.1. The Bertz CT molecular complexity index is 914. The molecule has 0 bridgehead atoms. The van der Waals surface area contributed by atoms with Crippen LogP contribution in [0.1, 0.15) is 51.9 Å². The molecule has 2 unspecified atom stereocenters. The molecule has 29 heavy (non-hydrogen) atoms. The SMILES string of the molecule is CCN(CC)S(=O)(=O)c1cccc(C(=O)NNC(=O)C2C(C=C(C)C)C2(C)C)c1. The van der Waals surface area contributed by atoms with Gasteiger partial charge in [0.2, 0.25) is 15.9 Å². The number of nitrogens with one attached hydrogen (secondary N) is 2. The molecule has 1 aliphatic rings. The van der Waals surface area contributed by atoms with Crippen molar-refractivity contribution in [3.63, 3.8) is 0 Å². The molecule has 2 amide bonds. The largest absolute Gasteiger partial charge is 0.273 e. The van der Waals surface area contributed by atoms with Crippen molar-refractivity contribution in [1.82, 2.24) is 15.2 Å². The molecular formula is C21H31N3O4S. The van der Waals surface area contributed by atoms with Crippen molar-refractivity contribution in [2.45, 2.75) is 46.4 Å². The van der Waals surface area contributed by atoms with Gasteiger partial charge in [-0.3, -0.25) is 20.4 Å². The standard InChI is InChI=1S/C21H31N3O4S/c1-7-24(8-2)29(27,28)16-11-9-10-15(13-16)19(25)22-23-20(26)18-17(12-14(3)4)21(18,5)6/h9-13,17-18H,7-8H2,1-6H3,(H,22,25)(H,23,26). The van der Waals surface area contributed by atoms with Crippen LogP contribution >= 0.6 is 0 Å². The first-order chi connectivity index (χ1) is 13.5. The highest BCUT2D eigenvalue weighted by atomic mass is 32.2.